The van der Waals surface area contributed by atoms with Crippen LogP contribution in [0.3, 0.4) is 0 Å². The number of benzene rings is 2. The Morgan fingerprint density at radius 1 is 1.17 bits per heavy atom. The molecule has 1 amide bonds. The van der Waals surface area contributed by atoms with Crippen molar-refractivity contribution in [3.8, 4) is 0 Å². The first-order valence-corrected chi connectivity index (χ1v) is 11.9. The van der Waals surface area contributed by atoms with Crippen molar-refractivity contribution in [1.82, 2.24) is 0 Å². The summed E-state index contributed by atoms with van der Waals surface area (Å²) < 4.78 is 31.7. The van der Waals surface area contributed by atoms with Crippen molar-refractivity contribution in [2.45, 2.75) is 26.3 Å². The first-order chi connectivity index (χ1) is 14.3. The Labute approximate surface area is 178 Å². The summed E-state index contributed by atoms with van der Waals surface area (Å²) in [6.45, 7) is 6.78. The number of nitrogens with zero attached hydrogens (tertiary/aromatic N) is 2. The maximum atomic E-state index is 13.0. The number of hydrogen-bond donors (Lipinski definition) is 1. The number of morpholine rings is 1. The zero-order chi connectivity index (χ0) is 21.7. The van der Waals surface area contributed by atoms with Gasteiger partial charge in [0.25, 0.3) is 0 Å². The number of sulfonamides is 1. The molecule has 0 saturated carbocycles. The lowest BCUT2D eigenvalue weighted by Gasteiger charge is -2.30. The Kier molecular flexibility index (Phi) is 6.99. The van der Waals surface area contributed by atoms with E-state index < -0.39 is 16.1 Å². The van der Waals surface area contributed by atoms with Crippen LogP contribution in [-0.4, -0.2) is 52.9 Å². The van der Waals surface area contributed by atoms with Crippen molar-refractivity contribution in [1.29, 1.82) is 0 Å². The molecule has 0 unspecified atom stereocenters. The molecule has 3 rings (SSSR count). The van der Waals surface area contributed by atoms with Gasteiger partial charge < -0.3 is 15.0 Å². The van der Waals surface area contributed by atoms with Crippen LogP contribution in [0.2, 0.25) is 0 Å². The largest absolute Gasteiger partial charge is 0.378 e. The van der Waals surface area contributed by atoms with Gasteiger partial charge in [0.1, 0.15) is 6.04 Å². The average Bonchev–Trinajstić information content (AvgIpc) is 2.72. The Morgan fingerprint density at radius 3 is 2.40 bits per heavy atom. The standard InChI is InChI=1S/C22H29N3O4S/c1-4-21(25(30(3,27)28)20-7-5-6-17(2)16-20)22(26)23-18-8-10-19(11-9-18)24-12-14-29-15-13-24/h5-11,16,21H,4,12-15H2,1-3H3,(H,23,26)/t21-/m1/s1. The van der Waals surface area contributed by atoms with E-state index in [9.17, 15) is 13.2 Å². The highest BCUT2D eigenvalue weighted by Crippen LogP contribution is 2.25. The molecule has 0 spiro atoms. The van der Waals surface area contributed by atoms with E-state index in [2.05, 4.69) is 10.2 Å². The molecule has 0 radical (unpaired) electrons. The third-order valence-corrected chi connectivity index (χ3v) is 6.28. The summed E-state index contributed by atoms with van der Waals surface area (Å²) in [6.07, 6.45) is 1.47. The Hall–Kier alpha value is -2.58. The number of nitrogens with one attached hydrogen (secondary N) is 1. The number of amides is 1. The van der Waals surface area contributed by atoms with E-state index in [1.165, 1.54) is 4.31 Å². The van der Waals surface area contributed by atoms with E-state index in [1.54, 1.807) is 25.1 Å². The molecule has 1 saturated heterocycles. The minimum atomic E-state index is -3.65. The van der Waals surface area contributed by atoms with Gasteiger partial charge in [-0.05, 0) is 55.3 Å². The monoisotopic (exact) mass is 431 g/mol. The van der Waals surface area contributed by atoms with E-state index in [1.807, 2.05) is 37.3 Å². The van der Waals surface area contributed by atoms with Gasteiger partial charge in [-0.2, -0.15) is 0 Å². The topological polar surface area (TPSA) is 79.0 Å². The summed E-state index contributed by atoms with van der Waals surface area (Å²) in [4.78, 5) is 15.3. The molecule has 1 heterocycles. The summed E-state index contributed by atoms with van der Waals surface area (Å²) >= 11 is 0. The lowest BCUT2D eigenvalue weighted by atomic mass is 10.1. The van der Waals surface area contributed by atoms with Crippen LogP contribution in [0.1, 0.15) is 18.9 Å². The molecule has 0 bridgehead atoms. The van der Waals surface area contributed by atoms with E-state index >= 15 is 0 Å². The molecule has 0 aliphatic carbocycles. The third kappa shape index (κ3) is 5.31. The van der Waals surface area contributed by atoms with Crippen molar-refractivity contribution >= 4 is 33.0 Å². The second-order valence-corrected chi connectivity index (χ2v) is 9.32. The molecule has 2 aromatic rings. The second-order valence-electron chi connectivity index (χ2n) is 7.46. The Balaban J connectivity index is 1.79. The summed E-state index contributed by atoms with van der Waals surface area (Å²) in [7, 11) is -3.65. The van der Waals surface area contributed by atoms with Crippen LogP contribution in [-0.2, 0) is 19.6 Å². The molecule has 1 atom stereocenters. The predicted molar refractivity (Wildman–Crippen MR) is 121 cm³/mol. The number of aryl methyl sites for hydroxylation is 1. The van der Waals surface area contributed by atoms with Crippen molar-refractivity contribution in [2.24, 2.45) is 0 Å². The van der Waals surface area contributed by atoms with Crippen LogP contribution >= 0.6 is 0 Å². The molecule has 2 aromatic carbocycles. The smallest absolute Gasteiger partial charge is 0.248 e. The van der Waals surface area contributed by atoms with Crippen molar-refractivity contribution in [3.63, 3.8) is 0 Å². The molecule has 1 N–H and O–H groups in total. The molecule has 7 nitrogen and oxygen atoms in total. The van der Waals surface area contributed by atoms with Crippen molar-refractivity contribution < 1.29 is 17.9 Å². The average molecular weight is 432 g/mol. The second kappa shape index (κ2) is 9.49. The first kappa shape index (κ1) is 22.1. The number of anilines is 3. The molecule has 0 aromatic heterocycles. The van der Waals surface area contributed by atoms with Crippen LogP contribution in [0, 0.1) is 6.92 Å². The lowest BCUT2D eigenvalue weighted by molar-refractivity contribution is -0.117. The number of carbonyl (C=O) groups excluding carboxylic acids is 1. The van der Waals surface area contributed by atoms with E-state index in [0.717, 1.165) is 30.6 Å². The van der Waals surface area contributed by atoms with Gasteiger partial charge in [-0.1, -0.05) is 19.1 Å². The summed E-state index contributed by atoms with van der Waals surface area (Å²) in [6, 6.07) is 13.9. The van der Waals surface area contributed by atoms with Gasteiger partial charge in [0.2, 0.25) is 15.9 Å². The zero-order valence-corrected chi connectivity index (χ0v) is 18.5. The fourth-order valence-corrected chi connectivity index (χ4v) is 4.83. The van der Waals surface area contributed by atoms with Crippen LogP contribution in [0.5, 0.6) is 0 Å². The lowest BCUT2D eigenvalue weighted by Crippen LogP contribution is -2.47. The van der Waals surface area contributed by atoms with Gasteiger partial charge >= 0.3 is 0 Å². The number of hydrogen-bond acceptors (Lipinski definition) is 5. The van der Waals surface area contributed by atoms with Gasteiger partial charge in [-0.15, -0.1) is 0 Å². The van der Waals surface area contributed by atoms with Gasteiger partial charge in [0.05, 0.1) is 25.2 Å². The highest BCUT2D eigenvalue weighted by atomic mass is 32.2. The normalized spacial score (nSPS) is 15.5. The summed E-state index contributed by atoms with van der Waals surface area (Å²) in [5.41, 5.74) is 3.12. The quantitative estimate of drug-likeness (QED) is 0.729. The molecular formula is C22H29N3O4S. The fraction of sp³-hybridized carbons (Fsp3) is 0.409. The minimum absolute atomic E-state index is 0.346. The van der Waals surface area contributed by atoms with Gasteiger partial charge in [0, 0.05) is 24.5 Å². The molecular weight excluding hydrogens is 402 g/mol. The fourth-order valence-electron chi connectivity index (χ4n) is 3.63. The zero-order valence-electron chi connectivity index (χ0n) is 17.7. The highest BCUT2D eigenvalue weighted by Gasteiger charge is 2.31. The summed E-state index contributed by atoms with van der Waals surface area (Å²) in [5, 5.41) is 2.87. The van der Waals surface area contributed by atoms with Crippen molar-refractivity contribution in [2.75, 3.05) is 47.1 Å². The van der Waals surface area contributed by atoms with Gasteiger partial charge in [-0.25, -0.2) is 8.42 Å². The van der Waals surface area contributed by atoms with Gasteiger partial charge in [0.15, 0.2) is 0 Å². The van der Waals surface area contributed by atoms with E-state index in [-0.39, 0.29) is 5.91 Å². The molecule has 162 valence electrons. The maximum Gasteiger partial charge on any atom is 0.248 e. The van der Waals surface area contributed by atoms with Crippen molar-refractivity contribution in [3.05, 3.63) is 54.1 Å². The molecule has 1 fully saturated rings. The van der Waals surface area contributed by atoms with E-state index in [0.29, 0.717) is 31.0 Å². The number of rotatable bonds is 7. The SMILES string of the molecule is CC[C@H](C(=O)Nc1ccc(N2CCOCC2)cc1)N(c1cccc(C)c1)S(C)(=O)=O. The molecule has 1 aliphatic heterocycles. The van der Waals surface area contributed by atoms with Crippen LogP contribution in [0.25, 0.3) is 0 Å². The van der Waals surface area contributed by atoms with E-state index in [4.69, 9.17) is 4.74 Å². The Morgan fingerprint density at radius 2 is 1.83 bits per heavy atom. The van der Waals surface area contributed by atoms with Crippen LogP contribution in [0.4, 0.5) is 17.1 Å². The number of ether oxygens (including phenoxy) is 1. The highest BCUT2D eigenvalue weighted by molar-refractivity contribution is 7.92. The predicted octanol–water partition coefficient (Wildman–Crippen LogP) is 3.01. The Bertz CT molecular complexity index is 970. The van der Waals surface area contributed by atoms with Gasteiger partial charge in [-0.3, -0.25) is 9.10 Å². The number of carbonyl (C=O) groups is 1. The summed E-state index contributed by atoms with van der Waals surface area (Å²) in [5.74, 6) is -0.358. The third-order valence-electron chi connectivity index (χ3n) is 5.10. The molecule has 30 heavy (non-hydrogen) atoms. The van der Waals surface area contributed by atoms with Crippen LogP contribution in [0.15, 0.2) is 48.5 Å². The maximum absolute atomic E-state index is 13.0. The minimum Gasteiger partial charge on any atom is -0.378 e. The molecule has 1 aliphatic rings. The molecule has 8 heteroatoms. The van der Waals surface area contributed by atoms with Crippen LogP contribution < -0.4 is 14.5 Å². The first-order valence-electron chi connectivity index (χ1n) is 10.1.